The summed E-state index contributed by atoms with van der Waals surface area (Å²) in [6.07, 6.45) is 1.24. The molecule has 0 saturated carbocycles. The standard InChI is InChI=1S/C42H40N2O4/c1-4-31(40(46)33-20-24-35(25-21-33)42(48)44-38-16-9-6-10-17-38)26-30-12-11-13-36(27-30)28(2)29(3)39(45)32-18-22-34(23-19-32)41(47)43-37-14-7-5-8-15-37/h5-25,27-29,31H,4,26H2,1-3H3,(H,43,47)(H,44,48). The zero-order valence-corrected chi connectivity index (χ0v) is 27.5. The van der Waals surface area contributed by atoms with Crippen LogP contribution < -0.4 is 10.6 Å². The summed E-state index contributed by atoms with van der Waals surface area (Å²) in [4.78, 5) is 52.3. The first-order chi connectivity index (χ1) is 23.2. The van der Waals surface area contributed by atoms with E-state index in [1.165, 1.54) is 0 Å². The molecule has 0 heterocycles. The monoisotopic (exact) mass is 636 g/mol. The average molecular weight is 637 g/mol. The van der Waals surface area contributed by atoms with Gasteiger partial charge in [-0.3, -0.25) is 19.2 Å². The van der Waals surface area contributed by atoms with Crippen molar-refractivity contribution < 1.29 is 19.2 Å². The van der Waals surface area contributed by atoms with Crippen LogP contribution in [-0.4, -0.2) is 23.4 Å². The maximum Gasteiger partial charge on any atom is 0.255 e. The second-order valence-electron chi connectivity index (χ2n) is 12.2. The van der Waals surface area contributed by atoms with Crippen molar-refractivity contribution in [3.05, 3.63) is 167 Å². The first-order valence-corrected chi connectivity index (χ1v) is 16.3. The molecular weight excluding hydrogens is 596 g/mol. The van der Waals surface area contributed by atoms with Crippen LogP contribution in [0.25, 0.3) is 0 Å². The van der Waals surface area contributed by atoms with Crippen LogP contribution in [0.15, 0.2) is 133 Å². The van der Waals surface area contributed by atoms with Crippen LogP contribution in [0.5, 0.6) is 0 Å². The van der Waals surface area contributed by atoms with Gasteiger partial charge in [-0.2, -0.15) is 0 Å². The maximum atomic E-state index is 13.5. The Bertz CT molecular complexity index is 1870. The van der Waals surface area contributed by atoms with Crippen LogP contribution in [-0.2, 0) is 6.42 Å². The van der Waals surface area contributed by atoms with Crippen molar-refractivity contribution in [3.63, 3.8) is 0 Å². The number of carbonyl (C=O) groups is 4. The highest BCUT2D eigenvalue weighted by Gasteiger charge is 2.25. The summed E-state index contributed by atoms with van der Waals surface area (Å²) in [5.74, 6) is -1.01. The Morgan fingerprint density at radius 2 is 1.00 bits per heavy atom. The lowest BCUT2D eigenvalue weighted by molar-refractivity contribution is 0.0909. The number of benzene rings is 5. The zero-order valence-electron chi connectivity index (χ0n) is 27.5. The average Bonchev–Trinajstić information content (AvgIpc) is 3.13. The van der Waals surface area contributed by atoms with Crippen molar-refractivity contribution in [1.82, 2.24) is 0 Å². The molecule has 0 spiro atoms. The van der Waals surface area contributed by atoms with E-state index < -0.39 is 0 Å². The molecule has 0 aromatic heterocycles. The first-order valence-electron chi connectivity index (χ1n) is 16.3. The maximum absolute atomic E-state index is 13.5. The van der Waals surface area contributed by atoms with Gasteiger partial charge in [0, 0.05) is 45.5 Å². The van der Waals surface area contributed by atoms with Crippen LogP contribution in [0.4, 0.5) is 11.4 Å². The Labute approximate surface area is 282 Å². The van der Waals surface area contributed by atoms with E-state index in [9.17, 15) is 19.2 Å². The number of anilines is 2. The summed E-state index contributed by atoms with van der Waals surface area (Å²) in [6, 6.07) is 40.2. The van der Waals surface area contributed by atoms with Crippen molar-refractivity contribution >= 4 is 34.8 Å². The van der Waals surface area contributed by atoms with E-state index >= 15 is 0 Å². The highest BCUT2D eigenvalue weighted by molar-refractivity contribution is 6.06. The Balaban J connectivity index is 1.20. The Morgan fingerprint density at radius 1 is 0.542 bits per heavy atom. The molecule has 3 unspecified atom stereocenters. The van der Waals surface area contributed by atoms with Gasteiger partial charge in [0.1, 0.15) is 0 Å². The van der Waals surface area contributed by atoms with Gasteiger partial charge in [-0.25, -0.2) is 0 Å². The molecule has 5 aromatic carbocycles. The first kappa shape index (κ1) is 33.7. The minimum Gasteiger partial charge on any atom is -0.322 e. The summed E-state index contributed by atoms with van der Waals surface area (Å²) in [7, 11) is 0. The number of para-hydroxylation sites is 2. The lowest BCUT2D eigenvalue weighted by Crippen LogP contribution is -2.19. The minimum absolute atomic E-state index is 0.00503. The molecule has 0 radical (unpaired) electrons. The smallest absolute Gasteiger partial charge is 0.255 e. The normalized spacial score (nSPS) is 12.7. The molecule has 6 heteroatoms. The predicted molar refractivity (Wildman–Crippen MR) is 192 cm³/mol. The van der Waals surface area contributed by atoms with Gasteiger partial charge in [0.25, 0.3) is 11.8 Å². The van der Waals surface area contributed by atoms with Crippen LogP contribution >= 0.6 is 0 Å². The van der Waals surface area contributed by atoms with Crippen molar-refractivity contribution in [1.29, 1.82) is 0 Å². The van der Waals surface area contributed by atoms with Gasteiger partial charge in [-0.15, -0.1) is 0 Å². The SMILES string of the molecule is CCC(Cc1cccc(C(C)C(C)C(=O)c2ccc(C(=O)Nc3ccccc3)cc2)c1)C(=O)c1ccc(C(=O)Nc2ccccc2)cc1. The van der Waals surface area contributed by atoms with Gasteiger partial charge in [0.05, 0.1) is 0 Å². The summed E-state index contributed by atoms with van der Waals surface area (Å²) in [5, 5.41) is 5.73. The third-order valence-electron chi connectivity index (χ3n) is 8.91. The quantitative estimate of drug-likeness (QED) is 0.126. The van der Waals surface area contributed by atoms with E-state index in [0.717, 1.165) is 11.1 Å². The number of ketones is 2. The molecule has 6 nitrogen and oxygen atoms in total. The third-order valence-corrected chi connectivity index (χ3v) is 8.91. The Morgan fingerprint density at radius 3 is 1.48 bits per heavy atom. The number of carbonyl (C=O) groups excluding carboxylic acids is 4. The number of Topliss-reactive ketones (excluding diaryl/α,β-unsaturated/α-hetero) is 2. The Hall–Kier alpha value is -5.62. The molecule has 48 heavy (non-hydrogen) atoms. The molecule has 2 N–H and O–H groups in total. The van der Waals surface area contributed by atoms with Crippen molar-refractivity contribution in [3.8, 4) is 0 Å². The van der Waals surface area contributed by atoms with Crippen LogP contribution in [0.1, 0.15) is 85.7 Å². The minimum atomic E-state index is -0.301. The lowest BCUT2D eigenvalue weighted by Gasteiger charge is -2.21. The number of rotatable bonds is 13. The largest absolute Gasteiger partial charge is 0.322 e. The molecule has 3 atom stereocenters. The summed E-state index contributed by atoms with van der Waals surface area (Å²) >= 11 is 0. The highest BCUT2D eigenvalue weighted by atomic mass is 16.2. The second-order valence-corrected chi connectivity index (χ2v) is 12.2. The summed E-state index contributed by atoms with van der Waals surface area (Å²) in [6.45, 7) is 5.98. The van der Waals surface area contributed by atoms with Crippen LogP contribution in [0.2, 0.25) is 0 Å². The second kappa shape index (κ2) is 15.8. The van der Waals surface area contributed by atoms with E-state index in [4.69, 9.17) is 0 Å². The molecule has 0 bridgehead atoms. The molecule has 5 rings (SSSR count). The molecule has 0 fully saturated rings. The van der Waals surface area contributed by atoms with E-state index in [0.29, 0.717) is 46.5 Å². The molecule has 0 aliphatic heterocycles. The lowest BCUT2D eigenvalue weighted by atomic mass is 9.82. The van der Waals surface area contributed by atoms with Gasteiger partial charge >= 0.3 is 0 Å². The topological polar surface area (TPSA) is 92.3 Å². The number of hydrogen-bond acceptors (Lipinski definition) is 4. The molecule has 0 aliphatic carbocycles. The molecule has 0 aliphatic rings. The molecule has 2 amide bonds. The number of nitrogens with one attached hydrogen (secondary N) is 2. The fraction of sp³-hybridized carbons (Fsp3) is 0.190. The fourth-order valence-corrected chi connectivity index (χ4v) is 5.75. The van der Waals surface area contributed by atoms with Gasteiger partial charge in [-0.1, -0.05) is 106 Å². The molecule has 5 aromatic rings. The number of amides is 2. The van der Waals surface area contributed by atoms with Crippen molar-refractivity contribution in [2.24, 2.45) is 11.8 Å². The number of hydrogen-bond donors (Lipinski definition) is 2. The molecule has 0 saturated heterocycles. The Kier molecular flexibility index (Phi) is 11.1. The predicted octanol–water partition coefficient (Wildman–Crippen LogP) is 9.27. The summed E-state index contributed by atoms with van der Waals surface area (Å²) in [5.41, 5.74) is 5.58. The fourth-order valence-electron chi connectivity index (χ4n) is 5.75. The summed E-state index contributed by atoms with van der Waals surface area (Å²) < 4.78 is 0. The van der Waals surface area contributed by atoms with Gasteiger partial charge in [-0.05, 0) is 78.4 Å². The van der Waals surface area contributed by atoms with Crippen molar-refractivity contribution in [2.75, 3.05) is 10.6 Å². The van der Waals surface area contributed by atoms with E-state index in [-0.39, 0.29) is 41.1 Å². The zero-order chi connectivity index (χ0) is 34.0. The third kappa shape index (κ3) is 8.39. The van der Waals surface area contributed by atoms with Gasteiger partial charge < -0.3 is 10.6 Å². The van der Waals surface area contributed by atoms with E-state index in [1.54, 1.807) is 48.5 Å². The van der Waals surface area contributed by atoms with Crippen molar-refractivity contribution in [2.45, 2.75) is 39.5 Å². The van der Waals surface area contributed by atoms with Gasteiger partial charge in [0.2, 0.25) is 0 Å². The van der Waals surface area contributed by atoms with Crippen LogP contribution in [0.3, 0.4) is 0 Å². The van der Waals surface area contributed by atoms with Crippen LogP contribution in [0, 0.1) is 11.8 Å². The van der Waals surface area contributed by atoms with E-state index in [2.05, 4.69) is 16.7 Å². The van der Waals surface area contributed by atoms with Gasteiger partial charge in [0.15, 0.2) is 11.6 Å². The van der Waals surface area contributed by atoms with E-state index in [1.807, 2.05) is 99.6 Å². The highest BCUT2D eigenvalue weighted by Crippen LogP contribution is 2.29. The molecule has 242 valence electrons. The molecular formula is C42H40N2O4.